The number of hydrogen-bond donors (Lipinski definition) is 0. The molecule has 0 saturated carbocycles. The number of para-hydroxylation sites is 1. The fourth-order valence-electron chi connectivity index (χ4n) is 1.75. The van der Waals surface area contributed by atoms with Crippen molar-refractivity contribution in [3.63, 3.8) is 0 Å². The quantitative estimate of drug-likeness (QED) is 0.675. The van der Waals surface area contributed by atoms with Crippen LogP contribution < -0.4 is 0 Å². The van der Waals surface area contributed by atoms with E-state index in [9.17, 15) is 0 Å². The minimum Gasteiger partial charge on any atom is -0.440 e. The Kier molecular flexibility index (Phi) is 2.18. The van der Waals surface area contributed by atoms with Crippen molar-refractivity contribution in [1.82, 2.24) is 15.2 Å². The molecule has 2 heterocycles. The van der Waals surface area contributed by atoms with Crippen LogP contribution in [-0.4, -0.2) is 15.2 Å². The molecule has 17 heavy (non-hydrogen) atoms. The number of fused-ring (bicyclic) bond motifs is 1. The Labute approximate surface area is 97.5 Å². The van der Waals surface area contributed by atoms with Crippen LogP contribution >= 0.6 is 0 Å². The molecule has 0 unspecified atom stereocenters. The molecule has 0 aliphatic heterocycles. The van der Waals surface area contributed by atoms with Gasteiger partial charge >= 0.3 is 0 Å². The lowest BCUT2D eigenvalue weighted by molar-refractivity contribution is 0.451. The second kappa shape index (κ2) is 3.69. The standard InChI is InChI=1S/C12H11N3O2/c1-7-4-3-5-9-12(7)13-10(17-9)6-11-15-14-8(2)16-11/h3-5H,6H2,1-2H3. The van der Waals surface area contributed by atoms with E-state index in [-0.39, 0.29) is 0 Å². The molecule has 0 atom stereocenters. The molecule has 1 aromatic carbocycles. The molecule has 3 rings (SSSR count). The average molecular weight is 229 g/mol. The van der Waals surface area contributed by atoms with Gasteiger partial charge in [-0.25, -0.2) is 4.98 Å². The summed E-state index contributed by atoms with van der Waals surface area (Å²) in [5, 5.41) is 7.69. The van der Waals surface area contributed by atoms with E-state index in [0.29, 0.717) is 24.1 Å². The molecule has 0 amide bonds. The van der Waals surface area contributed by atoms with Gasteiger partial charge in [0.1, 0.15) is 11.9 Å². The van der Waals surface area contributed by atoms with Gasteiger partial charge in [0.05, 0.1) is 0 Å². The molecular weight excluding hydrogens is 218 g/mol. The molecular formula is C12H11N3O2. The van der Waals surface area contributed by atoms with Crippen molar-refractivity contribution in [2.45, 2.75) is 20.3 Å². The van der Waals surface area contributed by atoms with Crippen LogP contribution in [0.5, 0.6) is 0 Å². The maximum absolute atomic E-state index is 5.62. The zero-order valence-electron chi connectivity index (χ0n) is 9.60. The predicted molar refractivity (Wildman–Crippen MR) is 60.6 cm³/mol. The summed E-state index contributed by atoms with van der Waals surface area (Å²) < 4.78 is 10.9. The van der Waals surface area contributed by atoms with E-state index < -0.39 is 0 Å². The van der Waals surface area contributed by atoms with Gasteiger partial charge in [-0.15, -0.1) is 10.2 Å². The zero-order valence-corrected chi connectivity index (χ0v) is 9.60. The van der Waals surface area contributed by atoms with Crippen LogP contribution in [0.25, 0.3) is 11.1 Å². The first kappa shape index (κ1) is 10.0. The van der Waals surface area contributed by atoms with E-state index in [2.05, 4.69) is 15.2 Å². The normalized spacial score (nSPS) is 11.2. The highest BCUT2D eigenvalue weighted by molar-refractivity contribution is 5.76. The Morgan fingerprint density at radius 3 is 2.65 bits per heavy atom. The summed E-state index contributed by atoms with van der Waals surface area (Å²) in [4.78, 5) is 4.42. The molecule has 0 N–H and O–H groups in total. The van der Waals surface area contributed by atoms with Crippen LogP contribution in [0.2, 0.25) is 0 Å². The zero-order chi connectivity index (χ0) is 11.8. The van der Waals surface area contributed by atoms with Gasteiger partial charge in [-0.05, 0) is 18.6 Å². The SMILES string of the molecule is Cc1nnc(Cc2nc3c(C)cccc3o2)o1. The number of aryl methyl sites for hydroxylation is 2. The predicted octanol–water partition coefficient (Wildman–Crippen LogP) is 2.42. The van der Waals surface area contributed by atoms with Crippen LogP contribution in [0.15, 0.2) is 27.0 Å². The molecule has 2 aromatic heterocycles. The highest BCUT2D eigenvalue weighted by Gasteiger charge is 2.11. The summed E-state index contributed by atoms with van der Waals surface area (Å²) in [5.41, 5.74) is 2.77. The van der Waals surface area contributed by atoms with Gasteiger partial charge in [0.2, 0.25) is 17.7 Å². The number of rotatable bonds is 2. The van der Waals surface area contributed by atoms with Crippen LogP contribution in [0, 0.1) is 13.8 Å². The van der Waals surface area contributed by atoms with Gasteiger partial charge < -0.3 is 8.83 Å². The van der Waals surface area contributed by atoms with Gasteiger partial charge in [-0.3, -0.25) is 0 Å². The molecule has 3 aromatic rings. The van der Waals surface area contributed by atoms with E-state index in [1.807, 2.05) is 25.1 Å². The third kappa shape index (κ3) is 1.80. The highest BCUT2D eigenvalue weighted by Crippen LogP contribution is 2.20. The molecule has 0 aliphatic carbocycles. The molecule has 0 saturated heterocycles. The highest BCUT2D eigenvalue weighted by atomic mass is 16.4. The van der Waals surface area contributed by atoms with E-state index in [1.54, 1.807) is 6.92 Å². The number of oxazole rings is 1. The van der Waals surface area contributed by atoms with E-state index in [4.69, 9.17) is 8.83 Å². The van der Waals surface area contributed by atoms with Crippen molar-refractivity contribution < 1.29 is 8.83 Å². The van der Waals surface area contributed by atoms with Crippen molar-refractivity contribution in [2.75, 3.05) is 0 Å². The molecule has 0 radical (unpaired) electrons. The Hall–Kier alpha value is -2.17. The summed E-state index contributed by atoms with van der Waals surface area (Å²) >= 11 is 0. The molecule has 5 nitrogen and oxygen atoms in total. The van der Waals surface area contributed by atoms with Gasteiger partial charge in [-0.1, -0.05) is 12.1 Å². The maximum atomic E-state index is 5.62. The molecule has 5 heteroatoms. The topological polar surface area (TPSA) is 65.0 Å². The summed E-state index contributed by atoms with van der Waals surface area (Å²) in [6, 6.07) is 5.85. The largest absolute Gasteiger partial charge is 0.440 e. The molecule has 0 spiro atoms. The number of benzene rings is 1. The summed E-state index contributed by atoms with van der Waals surface area (Å²) in [5.74, 6) is 1.66. The minimum absolute atomic E-state index is 0.426. The molecule has 0 bridgehead atoms. The van der Waals surface area contributed by atoms with Crippen molar-refractivity contribution in [3.8, 4) is 0 Å². The maximum Gasteiger partial charge on any atom is 0.225 e. The lowest BCUT2D eigenvalue weighted by atomic mass is 10.2. The van der Waals surface area contributed by atoms with Crippen LogP contribution in [-0.2, 0) is 6.42 Å². The Balaban J connectivity index is 1.98. The first-order valence-electron chi connectivity index (χ1n) is 5.36. The minimum atomic E-state index is 0.426. The second-order valence-electron chi connectivity index (χ2n) is 3.92. The number of nitrogens with zero attached hydrogens (tertiary/aromatic N) is 3. The number of hydrogen-bond acceptors (Lipinski definition) is 5. The summed E-state index contributed by atoms with van der Waals surface area (Å²) in [7, 11) is 0. The van der Waals surface area contributed by atoms with Crippen molar-refractivity contribution in [3.05, 3.63) is 41.4 Å². The fourth-order valence-corrected chi connectivity index (χ4v) is 1.75. The second-order valence-corrected chi connectivity index (χ2v) is 3.92. The smallest absolute Gasteiger partial charge is 0.225 e. The third-order valence-corrected chi connectivity index (χ3v) is 2.54. The molecule has 0 fully saturated rings. The Bertz CT molecular complexity index is 669. The lowest BCUT2D eigenvalue weighted by Gasteiger charge is -1.88. The van der Waals surface area contributed by atoms with Gasteiger partial charge in [-0.2, -0.15) is 0 Å². The van der Waals surface area contributed by atoms with Crippen LogP contribution in [0.3, 0.4) is 0 Å². The summed E-state index contributed by atoms with van der Waals surface area (Å²) in [6.07, 6.45) is 0.426. The first-order valence-corrected chi connectivity index (χ1v) is 5.36. The number of aromatic nitrogens is 3. The van der Waals surface area contributed by atoms with Crippen molar-refractivity contribution >= 4 is 11.1 Å². The van der Waals surface area contributed by atoms with Gasteiger partial charge in [0.25, 0.3) is 0 Å². The molecule has 86 valence electrons. The van der Waals surface area contributed by atoms with Gasteiger partial charge in [0.15, 0.2) is 5.58 Å². The third-order valence-electron chi connectivity index (χ3n) is 2.54. The average Bonchev–Trinajstić information content (AvgIpc) is 2.86. The van der Waals surface area contributed by atoms with E-state index in [0.717, 1.165) is 16.7 Å². The Morgan fingerprint density at radius 2 is 1.94 bits per heavy atom. The summed E-state index contributed by atoms with van der Waals surface area (Å²) in [6.45, 7) is 3.76. The lowest BCUT2D eigenvalue weighted by Crippen LogP contribution is -1.88. The van der Waals surface area contributed by atoms with Crippen LogP contribution in [0.1, 0.15) is 23.2 Å². The van der Waals surface area contributed by atoms with Gasteiger partial charge in [0, 0.05) is 6.92 Å². The fraction of sp³-hybridized carbons (Fsp3) is 0.250. The Morgan fingerprint density at radius 1 is 1.06 bits per heavy atom. The van der Waals surface area contributed by atoms with E-state index >= 15 is 0 Å². The molecule has 0 aliphatic rings. The van der Waals surface area contributed by atoms with Crippen molar-refractivity contribution in [2.24, 2.45) is 0 Å². The van der Waals surface area contributed by atoms with Crippen molar-refractivity contribution in [1.29, 1.82) is 0 Å². The van der Waals surface area contributed by atoms with E-state index in [1.165, 1.54) is 0 Å². The first-order chi connectivity index (χ1) is 8.22. The monoisotopic (exact) mass is 229 g/mol. The van der Waals surface area contributed by atoms with Crippen LogP contribution in [0.4, 0.5) is 0 Å².